The third-order valence-corrected chi connectivity index (χ3v) is 9.41. The maximum atomic E-state index is 13.0. The SMILES string of the molecule is Cc1ccc(S(=O)(=O)N2CCN(C(=O)c3sc(-c4ccccc4)nc3C)CC2)s1. The molecule has 0 aliphatic carbocycles. The fraction of sp³-hybridized carbons (Fsp3) is 0.300. The minimum atomic E-state index is -3.49. The summed E-state index contributed by atoms with van der Waals surface area (Å²) in [7, 11) is -3.49. The number of aryl methyl sites for hydroxylation is 2. The molecule has 3 aromatic rings. The third kappa shape index (κ3) is 4.00. The summed E-state index contributed by atoms with van der Waals surface area (Å²) in [6.07, 6.45) is 0. The number of thiophene rings is 1. The Morgan fingerprint density at radius 1 is 0.966 bits per heavy atom. The molecule has 1 amide bonds. The fourth-order valence-electron chi connectivity index (χ4n) is 3.25. The number of thiazole rings is 1. The van der Waals surface area contributed by atoms with Gasteiger partial charge < -0.3 is 4.90 Å². The van der Waals surface area contributed by atoms with Crippen molar-refractivity contribution in [3.8, 4) is 10.6 Å². The molecule has 1 aliphatic rings. The molecule has 0 N–H and O–H groups in total. The molecule has 0 unspecified atom stereocenters. The second-order valence-corrected chi connectivity index (χ2v) is 11.3. The Morgan fingerprint density at radius 3 is 2.28 bits per heavy atom. The molecule has 6 nitrogen and oxygen atoms in total. The van der Waals surface area contributed by atoms with E-state index in [-0.39, 0.29) is 5.91 Å². The number of sulfonamides is 1. The van der Waals surface area contributed by atoms with Crippen LogP contribution in [0.1, 0.15) is 20.2 Å². The van der Waals surface area contributed by atoms with Gasteiger partial charge in [0.05, 0.1) is 5.69 Å². The van der Waals surface area contributed by atoms with Crippen LogP contribution >= 0.6 is 22.7 Å². The molecule has 1 aliphatic heterocycles. The topological polar surface area (TPSA) is 70.6 Å². The maximum Gasteiger partial charge on any atom is 0.265 e. The van der Waals surface area contributed by atoms with E-state index in [4.69, 9.17) is 0 Å². The average molecular weight is 448 g/mol. The largest absolute Gasteiger partial charge is 0.335 e. The predicted molar refractivity (Wildman–Crippen MR) is 116 cm³/mol. The summed E-state index contributed by atoms with van der Waals surface area (Å²) < 4.78 is 27.4. The minimum Gasteiger partial charge on any atom is -0.335 e. The number of nitrogens with zero attached hydrogens (tertiary/aromatic N) is 3. The van der Waals surface area contributed by atoms with Crippen molar-refractivity contribution < 1.29 is 13.2 Å². The van der Waals surface area contributed by atoms with E-state index in [1.165, 1.54) is 27.0 Å². The molecule has 1 fully saturated rings. The van der Waals surface area contributed by atoms with Gasteiger partial charge in [0.15, 0.2) is 0 Å². The quantitative estimate of drug-likeness (QED) is 0.612. The first-order valence-electron chi connectivity index (χ1n) is 9.25. The van der Waals surface area contributed by atoms with Crippen LogP contribution in [0.2, 0.25) is 0 Å². The van der Waals surface area contributed by atoms with Gasteiger partial charge in [-0.2, -0.15) is 4.31 Å². The maximum absolute atomic E-state index is 13.0. The molecule has 4 rings (SSSR count). The van der Waals surface area contributed by atoms with Gasteiger partial charge in [-0.25, -0.2) is 13.4 Å². The van der Waals surface area contributed by atoms with E-state index in [0.717, 1.165) is 15.4 Å². The summed E-state index contributed by atoms with van der Waals surface area (Å²) in [6, 6.07) is 13.3. The smallest absolute Gasteiger partial charge is 0.265 e. The highest BCUT2D eigenvalue weighted by Gasteiger charge is 2.32. The van der Waals surface area contributed by atoms with Gasteiger partial charge in [0.1, 0.15) is 14.1 Å². The van der Waals surface area contributed by atoms with E-state index in [2.05, 4.69) is 4.98 Å². The van der Waals surface area contributed by atoms with Crippen LogP contribution in [0.4, 0.5) is 0 Å². The normalized spacial score (nSPS) is 15.6. The summed E-state index contributed by atoms with van der Waals surface area (Å²) in [6.45, 7) is 5.08. The van der Waals surface area contributed by atoms with Crippen molar-refractivity contribution in [3.05, 3.63) is 57.9 Å². The van der Waals surface area contributed by atoms with Gasteiger partial charge >= 0.3 is 0 Å². The lowest BCUT2D eigenvalue weighted by Gasteiger charge is -2.33. The zero-order valence-corrected chi connectivity index (χ0v) is 18.6. The third-order valence-electron chi connectivity index (χ3n) is 4.85. The van der Waals surface area contributed by atoms with Crippen molar-refractivity contribution in [2.45, 2.75) is 18.1 Å². The van der Waals surface area contributed by atoms with E-state index in [9.17, 15) is 13.2 Å². The molecule has 152 valence electrons. The van der Waals surface area contributed by atoms with Crippen LogP contribution < -0.4 is 0 Å². The summed E-state index contributed by atoms with van der Waals surface area (Å²) in [5.41, 5.74) is 1.70. The molecule has 0 spiro atoms. The highest BCUT2D eigenvalue weighted by molar-refractivity contribution is 7.91. The highest BCUT2D eigenvalue weighted by atomic mass is 32.2. The molecular weight excluding hydrogens is 426 g/mol. The Bertz CT molecular complexity index is 1130. The summed E-state index contributed by atoms with van der Waals surface area (Å²) in [5.74, 6) is -0.0776. The second-order valence-electron chi connectivity index (χ2n) is 6.86. The Balaban J connectivity index is 1.47. The van der Waals surface area contributed by atoms with Crippen LogP contribution in [-0.4, -0.2) is 54.7 Å². The zero-order chi connectivity index (χ0) is 20.6. The minimum absolute atomic E-state index is 0.0776. The lowest BCUT2D eigenvalue weighted by molar-refractivity contribution is 0.0702. The van der Waals surface area contributed by atoms with E-state index in [0.29, 0.717) is 41.0 Å². The molecular formula is C20H21N3O3S3. The average Bonchev–Trinajstić information content (AvgIpc) is 3.34. The molecule has 3 heterocycles. The van der Waals surface area contributed by atoms with Gasteiger partial charge in [0.2, 0.25) is 0 Å². The summed E-state index contributed by atoms with van der Waals surface area (Å²) in [5, 5.41) is 0.820. The molecule has 0 bridgehead atoms. The molecule has 29 heavy (non-hydrogen) atoms. The fourth-order valence-corrected chi connectivity index (χ4v) is 7.15. The van der Waals surface area contributed by atoms with Gasteiger partial charge in [-0.1, -0.05) is 30.3 Å². The van der Waals surface area contributed by atoms with Gasteiger partial charge in [0.25, 0.3) is 15.9 Å². The Hall–Kier alpha value is -2.07. The predicted octanol–water partition coefficient (Wildman–Crippen LogP) is 3.64. The lowest BCUT2D eigenvalue weighted by Crippen LogP contribution is -2.50. The molecule has 2 aromatic heterocycles. The van der Waals surface area contributed by atoms with E-state index < -0.39 is 10.0 Å². The van der Waals surface area contributed by atoms with Crippen molar-refractivity contribution in [2.75, 3.05) is 26.2 Å². The van der Waals surface area contributed by atoms with Gasteiger partial charge in [-0.05, 0) is 26.0 Å². The number of carbonyl (C=O) groups excluding carboxylic acids is 1. The van der Waals surface area contributed by atoms with Crippen LogP contribution in [0.3, 0.4) is 0 Å². The number of piperazine rings is 1. The van der Waals surface area contributed by atoms with Crippen molar-refractivity contribution in [1.29, 1.82) is 0 Å². The zero-order valence-electron chi connectivity index (χ0n) is 16.2. The molecule has 0 radical (unpaired) electrons. The van der Waals surface area contributed by atoms with Gasteiger partial charge in [0, 0.05) is 36.6 Å². The van der Waals surface area contributed by atoms with E-state index in [1.54, 1.807) is 11.0 Å². The van der Waals surface area contributed by atoms with Crippen LogP contribution in [-0.2, 0) is 10.0 Å². The van der Waals surface area contributed by atoms with Crippen LogP contribution in [0.5, 0.6) is 0 Å². The van der Waals surface area contributed by atoms with Crippen LogP contribution in [0, 0.1) is 13.8 Å². The van der Waals surface area contributed by atoms with Crippen LogP contribution in [0.25, 0.3) is 10.6 Å². The van der Waals surface area contributed by atoms with Crippen LogP contribution in [0.15, 0.2) is 46.7 Å². The van der Waals surface area contributed by atoms with Crippen molar-refractivity contribution in [1.82, 2.24) is 14.2 Å². The number of amides is 1. The van der Waals surface area contributed by atoms with E-state index >= 15 is 0 Å². The number of aromatic nitrogens is 1. The van der Waals surface area contributed by atoms with Crippen molar-refractivity contribution >= 4 is 38.6 Å². The molecule has 1 aromatic carbocycles. The summed E-state index contributed by atoms with van der Waals surface area (Å²) in [4.78, 5) is 20.9. The van der Waals surface area contributed by atoms with Gasteiger partial charge in [-0.15, -0.1) is 22.7 Å². The Morgan fingerprint density at radius 2 is 1.66 bits per heavy atom. The highest BCUT2D eigenvalue weighted by Crippen LogP contribution is 2.30. The van der Waals surface area contributed by atoms with Crippen molar-refractivity contribution in [3.63, 3.8) is 0 Å². The number of benzene rings is 1. The lowest BCUT2D eigenvalue weighted by atomic mass is 10.2. The monoisotopic (exact) mass is 447 g/mol. The number of rotatable bonds is 4. The number of hydrogen-bond donors (Lipinski definition) is 0. The first-order valence-corrected chi connectivity index (χ1v) is 12.3. The molecule has 9 heteroatoms. The Kier molecular flexibility index (Phi) is 5.56. The first-order chi connectivity index (χ1) is 13.9. The van der Waals surface area contributed by atoms with Crippen molar-refractivity contribution in [2.24, 2.45) is 0 Å². The molecule has 1 saturated heterocycles. The van der Waals surface area contributed by atoms with E-state index in [1.807, 2.05) is 50.2 Å². The van der Waals surface area contributed by atoms with Gasteiger partial charge in [-0.3, -0.25) is 4.79 Å². The number of hydrogen-bond acceptors (Lipinski definition) is 6. The first kappa shape index (κ1) is 20.2. The number of carbonyl (C=O) groups is 1. The molecule has 0 atom stereocenters. The summed E-state index contributed by atoms with van der Waals surface area (Å²) >= 11 is 2.67. The standard InChI is InChI=1S/C20H21N3O3S3/c1-14-8-9-17(27-14)29(25,26)23-12-10-22(11-13-23)20(24)18-15(2)21-19(28-18)16-6-4-3-5-7-16/h3-9H,10-13H2,1-2H3. The Labute approximate surface area is 178 Å². The molecule has 0 saturated carbocycles. The second kappa shape index (κ2) is 7.98.